The lowest BCUT2D eigenvalue weighted by atomic mass is 9.48. The van der Waals surface area contributed by atoms with Gasteiger partial charge in [-0.3, -0.25) is 4.79 Å². The van der Waals surface area contributed by atoms with Crippen LogP contribution in [0.25, 0.3) is 0 Å². The van der Waals surface area contributed by atoms with Crippen LogP contribution in [-0.2, 0) is 0 Å². The molecule has 1 aliphatic carbocycles. The Bertz CT molecular complexity index is 495. The van der Waals surface area contributed by atoms with Gasteiger partial charge in [0.1, 0.15) is 5.75 Å². The van der Waals surface area contributed by atoms with E-state index < -0.39 is 0 Å². The van der Waals surface area contributed by atoms with Crippen LogP contribution in [-0.4, -0.2) is 28.1 Å². The van der Waals surface area contributed by atoms with Gasteiger partial charge in [-0.05, 0) is 12.1 Å². The van der Waals surface area contributed by atoms with Gasteiger partial charge in [0, 0.05) is 29.1 Å². The molecule has 0 bridgehead atoms. The van der Waals surface area contributed by atoms with E-state index in [0.29, 0.717) is 0 Å². The number of amides is 1. The topological polar surface area (TPSA) is 88.2 Å². The van der Waals surface area contributed by atoms with Crippen LogP contribution in [0.1, 0.15) is 38.2 Å². The molecular weight excluding hydrogens is 242 g/mol. The number of aromatic hydroxyl groups is 1. The van der Waals surface area contributed by atoms with Crippen molar-refractivity contribution in [1.82, 2.24) is 10.3 Å². The van der Waals surface area contributed by atoms with Gasteiger partial charge in [-0.1, -0.05) is 27.7 Å². The second-order valence-electron chi connectivity index (χ2n) is 6.40. The Labute approximate surface area is 113 Å². The predicted molar refractivity (Wildman–Crippen MR) is 72.7 cm³/mol. The minimum atomic E-state index is -0.365. The molecule has 1 aromatic heterocycles. The maximum Gasteiger partial charge on any atom is 0.273 e. The summed E-state index contributed by atoms with van der Waals surface area (Å²) in [4.78, 5) is 16.1. The van der Waals surface area contributed by atoms with Crippen molar-refractivity contribution in [2.45, 2.75) is 39.8 Å². The Morgan fingerprint density at radius 3 is 2.47 bits per heavy atom. The highest BCUT2D eigenvalue weighted by Crippen LogP contribution is 2.52. The third kappa shape index (κ3) is 1.98. The first-order chi connectivity index (χ1) is 8.69. The number of nitrogens with two attached hydrogens (primary N) is 1. The molecule has 5 nitrogen and oxygen atoms in total. The summed E-state index contributed by atoms with van der Waals surface area (Å²) in [7, 11) is 0. The van der Waals surface area contributed by atoms with E-state index in [-0.39, 0.29) is 40.3 Å². The van der Waals surface area contributed by atoms with E-state index in [0.717, 1.165) is 0 Å². The molecule has 19 heavy (non-hydrogen) atoms. The van der Waals surface area contributed by atoms with Crippen LogP contribution in [0.5, 0.6) is 5.75 Å². The van der Waals surface area contributed by atoms with Crippen molar-refractivity contribution < 1.29 is 9.90 Å². The van der Waals surface area contributed by atoms with Gasteiger partial charge in [-0.15, -0.1) is 0 Å². The number of nitrogens with one attached hydrogen (secondary N) is 1. The zero-order chi connectivity index (χ0) is 14.4. The molecule has 4 N–H and O–H groups in total. The minimum Gasteiger partial charge on any atom is -0.505 e. The van der Waals surface area contributed by atoms with Crippen LogP contribution in [0.15, 0.2) is 18.3 Å². The number of hydrogen-bond donors (Lipinski definition) is 3. The van der Waals surface area contributed by atoms with E-state index in [1.807, 2.05) is 27.7 Å². The summed E-state index contributed by atoms with van der Waals surface area (Å²) in [5.74, 6) is -0.476. The first-order valence-electron chi connectivity index (χ1n) is 6.39. The molecule has 1 fully saturated rings. The zero-order valence-corrected chi connectivity index (χ0v) is 11.8. The zero-order valence-electron chi connectivity index (χ0n) is 11.8. The average molecular weight is 263 g/mol. The molecule has 1 amide bonds. The molecule has 0 radical (unpaired) electrons. The molecule has 2 rings (SSSR count). The van der Waals surface area contributed by atoms with Crippen LogP contribution in [0.3, 0.4) is 0 Å². The predicted octanol–water partition coefficient (Wildman–Crippen LogP) is 1.28. The van der Waals surface area contributed by atoms with E-state index in [4.69, 9.17) is 5.73 Å². The first-order valence-corrected chi connectivity index (χ1v) is 6.39. The first kappa shape index (κ1) is 13.8. The molecular formula is C14H21N3O2. The van der Waals surface area contributed by atoms with Crippen molar-refractivity contribution in [3.05, 3.63) is 24.0 Å². The summed E-state index contributed by atoms with van der Waals surface area (Å²) < 4.78 is 0. The number of rotatable bonds is 2. The van der Waals surface area contributed by atoms with Crippen LogP contribution in [0.2, 0.25) is 0 Å². The highest BCUT2D eigenvalue weighted by Gasteiger charge is 2.60. The van der Waals surface area contributed by atoms with Crippen molar-refractivity contribution in [2.75, 3.05) is 0 Å². The van der Waals surface area contributed by atoms with Crippen LogP contribution < -0.4 is 11.1 Å². The molecule has 5 heteroatoms. The number of pyridine rings is 1. The summed E-state index contributed by atoms with van der Waals surface area (Å²) in [6.45, 7) is 8.14. The van der Waals surface area contributed by atoms with Gasteiger partial charge in [0.2, 0.25) is 0 Å². The fourth-order valence-corrected chi connectivity index (χ4v) is 3.32. The Morgan fingerprint density at radius 1 is 1.37 bits per heavy atom. The molecule has 1 saturated carbocycles. The summed E-state index contributed by atoms with van der Waals surface area (Å²) in [6, 6.07) is 3.00. The Balaban J connectivity index is 2.19. The summed E-state index contributed by atoms with van der Waals surface area (Å²) in [5, 5.41) is 12.6. The van der Waals surface area contributed by atoms with Crippen molar-refractivity contribution in [3.8, 4) is 5.75 Å². The number of carbonyl (C=O) groups excluding carboxylic acids is 1. The smallest absolute Gasteiger partial charge is 0.273 e. The molecule has 104 valence electrons. The highest BCUT2D eigenvalue weighted by atomic mass is 16.3. The lowest BCUT2D eigenvalue weighted by Gasteiger charge is -2.62. The molecule has 0 saturated heterocycles. The average Bonchev–Trinajstić information content (AvgIpc) is 2.34. The molecule has 1 heterocycles. The Hall–Kier alpha value is -1.62. The molecule has 1 aromatic rings. The van der Waals surface area contributed by atoms with Gasteiger partial charge < -0.3 is 16.2 Å². The van der Waals surface area contributed by atoms with Crippen molar-refractivity contribution in [1.29, 1.82) is 0 Å². The minimum absolute atomic E-state index is 0.0163. The number of hydrogen-bond acceptors (Lipinski definition) is 4. The Morgan fingerprint density at radius 2 is 1.95 bits per heavy atom. The molecule has 1 aliphatic rings. The summed E-state index contributed by atoms with van der Waals surface area (Å²) >= 11 is 0. The second kappa shape index (κ2) is 4.20. The number of carbonyl (C=O) groups is 1. The van der Waals surface area contributed by atoms with E-state index in [1.54, 1.807) is 6.07 Å². The quantitative estimate of drug-likeness (QED) is 0.750. The molecule has 0 aromatic carbocycles. The van der Waals surface area contributed by atoms with E-state index >= 15 is 0 Å². The number of aromatic nitrogens is 1. The lowest BCUT2D eigenvalue weighted by molar-refractivity contribution is -0.0664. The van der Waals surface area contributed by atoms with Crippen molar-refractivity contribution >= 4 is 5.91 Å². The van der Waals surface area contributed by atoms with E-state index in [1.165, 1.54) is 12.3 Å². The van der Waals surface area contributed by atoms with Gasteiger partial charge >= 0.3 is 0 Å². The van der Waals surface area contributed by atoms with Crippen LogP contribution >= 0.6 is 0 Å². The fraction of sp³-hybridized carbons (Fsp3) is 0.571. The second-order valence-corrected chi connectivity index (χ2v) is 6.40. The van der Waals surface area contributed by atoms with Crippen LogP contribution in [0.4, 0.5) is 0 Å². The Kier molecular flexibility index (Phi) is 3.05. The standard InChI is InChI=1S/C14H21N3O2/c1-13(2)11(15)14(3,4)12(13)17-10(19)9-8(18)6-5-7-16-9/h5-7,11-12,18H,15H2,1-4H3,(H,17,19). The summed E-state index contributed by atoms with van der Waals surface area (Å²) in [5.41, 5.74) is 5.85. The third-order valence-electron chi connectivity index (χ3n) is 4.37. The number of nitrogens with zero attached hydrogens (tertiary/aromatic N) is 1. The highest BCUT2D eigenvalue weighted by molar-refractivity contribution is 5.95. The maximum atomic E-state index is 12.2. The van der Waals surface area contributed by atoms with Gasteiger partial charge in [0.15, 0.2) is 5.69 Å². The third-order valence-corrected chi connectivity index (χ3v) is 4.37. The molecule has 0 aliphatic heterocycles. The van der Waals surface area contributed by atoms with E-state index in [2.05, 4.69) is 10.3 Å². The van der Waals surface area contributed by atoms with Crippen molar-refractivity contribution in [3.63, 3.8) is 0 Å². The largest absolute Gasteiger partial charge is 0.505 e. The monoisotopic (exact) mass is 263 g/mol. The van der Waals surface area contributed by atoms with Gasteiger partial charge in [0.05, 0.1) is 0 Å². The normalized spacial score (nSPS) is 27.4. The maximum absolute atomic E-state index is 12.2. The van der Waals surface area contributed by atoms with Crippen LogP contribution in [0, 0.1) is 10.8 Å². The van der Waals surface area contributed by atoms with Gasteiger partial charge in [-0.25, -0.2) is 4.98 Å². The van der Waals surface area contributed by atoms with Crippen molar-refractivity contribution in [2.24, 2.45) is 16.6 Å². The molecule has 0 spiro atoms. The van der Waals surface area contributed by atoms with Gasteiger partial charge in [-0.2, -0.15) is 0 Å². The fourth-order valence-electron chi connectivity index (χ4n) is 3.32. The summed E-state index contributed by atoms with van der Waals surface area (Å²) in [6.07, 6.45) is 1.48. The van der Waals surface area contributed by atoms with Gasteiger partial charge in [0.25, 0.3) is 5.91 Å². The lowest BCUT2D eigenvalue weighted by Crippen LogP contribution is -2.76. The molecule has 0 atom stereocenters. The molecule has 0 unspecified atom stereocenters. The SMILES string of the molecule is CC1(C)C(N)C(C)(C)C1NC(=O)c1ncccc1O. The van der Waals surface area contributed by atoms with E-state index in [9.17, 15) is 9.90 Å².